The lowest BCUT2D eigenvalue weighted by atomic mass is 9.87. The smallest absolute Gasteiger partial charge is 0.220 e. The van der Waals surface area contributed by atoms with Gasteiger partial charge < -0.3 is 19.7 Å². The number of hydrogen-bond donors (Lipinski definition) is 2. The Bertz CT molecular complexity index is 807. The molecule has 1 heterocycles. The first-order valence-electron chi connectivity index (χ1n) is 10.00. The molecule has 5 nitrogen and oxygen atoms in total. The second-order valence-corrected chi connectivity index (χ2v) is 7.41. The summed E-state index contributed by atoms with van der Waals surface area (Å²) in [6, 6.07) is 14.9. The fourth-order valence-electron chi connectivity index (χ4n) is 4.23. The minimum Gasteiger partial charge on any atom is -0.493 e. The molecule has 1 aliphatic rings. The van der Waals surface area contributed by atoms with E-state index in [9.17, 15) is 4.79 Å². The Kier molecular flexibility index (Phi) is 6.57. The molecule has 2 aromatic carbocycles. The van der Waals surface area contributed by atoms with Crippen molar-refractivity contribution in [1.82, 2.24) is 5.32 Å². The number of amides is 1. The van der Waals surface area contributed by atoms with Crippen LogP contribution in [0.3, 0.4) is 0 Å². The van der Waals surface area contributed by atoms with Crippen LogP contribution in [0.1, 0.15) is 43.0 Å². The average molecular weight is 384 g/mol. The summed E-state index contributed by atoms with van der Waals surface area (Å²) in [5.41, 5.74) is 3.82. The van der Waals surface area contributed by atoms with E-state index in [0.717, 1.165) is 31.0 Å². The van der Waals surface area contributed by atoms with Crippen molar-refractivity contribution in [2.75, 3.05) is 20.8 Å². The lowest BCUT2D eigenvalue weighted by molar-refractivity contribution is -0.948. The first-order chi connectivity index (χ1) is 13.6. The molecule has 1 amide bonds. The highest BCUT2D eigenvalue weighted by Crippen LogP contribution is 2.35. The van der Waals surface area contributed by atoms with Crippen LogP contribution in [0, 0.1) is 0 Å². The zero-order valence-corrected chi connectivity index (χ0v) is 17.2. The van der Waals surface area contributed by atoms with Gasteiger partial charge in [0.15, 0.2) is 11.5 Å². The maximum absolute atomic E-state index is 12.1. The number of nitrogens with one attached hydrogen (secondary N) is 2. The molecule has 28 heavy (non-hydrogen) atoms. The second-order valence-electron chi connectivity index (χ2n) is 7.41. The molecule has 0 bridgehead atoms. The summed E-state index contributed by atoms with van der Waals surface area (Å²) < 4.78 is 11.1. The number of carbonyl (C=O) groups excluding carboxylic acids is 1. The molecule has 1 unspecified atom stereocenters. The topological polar surface area (TPSA) is 52.0 Å². The molecule has 1 aliphatic heterocycles. The third-order valence-corrected chi connectivity index (χ3v) is 5.62. The molecule has 0 spiro atoms. The Morgan fingerprint density at radius 1 is 1.18 bits per heavy atom. The number of carbonyl (C=O) groups is 1. The number of quaternary nitrogens is 1. The maximum Gasteiger partial charge on any atom is 0.220 e. The maximum atomic E-state index is 12.1. The van der Waals surface area contributed by atoms with Gasteiger partial charge in [-0.3, -0.25) is 4.79 Å². The molecular formula is C23H31N2O3+. The zero-order chi connectivity index (χ0) is 20.1. The SMILES string of the molecule is CCC(=O)N[C@@H](C)[C@H]1c2cc(OC)c(OC)cc2CC[NH+]1Cc1ccccc1. The van der Waals surface area contributed by atoms with Gasteiger partial charge in [0.2, 0.25) is 5.91 Å². The molecule has 0 aliphatic carbocycles. The first-order valence-corrected chi connectivity index (χ1v) is 10.00. The number of benzene rings is 2. The summed E-state index contributed by atoms with van der Waals surface area (Å²) in [6.07, 6.45) is 1.46. The van der Waals surface area contributed by atoms with Crippen molar-refractivity contribution in [3.63, 3.8) is 0 Å². The van der Waals surface area contributed by atoms with Gasteiger partial charge in [0, 0.05) is 24.0 Å². The van der Waals surface area contributed by atoms with Gasteiger partial charge in [0.1, 0.15) is 12.6 Å². The van der Waals surface area contributed by atoms with Crippen molar-refractivity contribution in [1.29, 1.82) is 0 Å². The molecule has 0 saturated heterocycles. The Morgan fingerprint density at radius 2 is 1.86 bits per heavy atom. The second kappa shape index (κ2) is 9.11. The molecule has 0 fully saturated rings. The third-order valence-electron chi connectivity index (χ3n) is 5.62. The molecule has 3 rings (SSSR count). The summed E-state index contributed by atoms with van der Waals surface area (Å²) in [5, 5.41) is 3.19. The molecule has 2 N–H and O–H groups in total. The minimum absolute atomic E-state index is 0.0170. The van der Waals surface area contributed by atoms with Crippen LogP contribution in [0.2, 0.25) is 0 Å². The van der Waals surface area contributed by atoms with Gasteiger partial charge >= 0.3 is 0 Å². The summed E-state index contributed by atoms with van der Waals surface area (Å²) in [7, 11) is 3.33. The van der Waals surface area contributed by atoms with E-state index in [1.807, 2.05) is 13.0 Å². The number of ether oxygens (including phenoxy) is 2. The largest absolute Gasteiger partial charge is 0.493 e. The Labute approximate surface area is 167 Å². The fraction of sp³-hybridized carbons (Fsp3) is 0.435. The van der Waals surface area contributed by atoms with E-state index in [4.69, 9.17) is 9.47 Å². The van der Waals surface area contributed by atoms with Crippen molar-refractivity contribution in [3.05, 3.63) is 59.2 Å². The van der Waals surface area contributed by atoms with Gasteiger partial charge in [-0.25, -0.2) is 0 Å². The molecule has 0 aromatic heterocycles. The Hall–Kier alpha value is -2.53. The normalized spacial score (nSPS) is 19.4. The quantitative estimate of drug-likeness (QED) is 0.771. The zero-order valence-electron chi connectivity index (χ0n) is 17.2. The number of hydrogen-bond acceptors (Lipinski definition) is 3. The third kappa shape index (κ3) is 4.30. The Morgan fingerprint density at radius 3 is 2.50 bits per heavy atom. The van der Waals surface area contributed by atoms with Crippen molar-refractivity contribution in [3.8, 4) is 11.5 Å². The summed E-state index contributed by atoms with van der Waals surface area (Å²) >= 11 is 0. The van der Waals surface area contributed by atoms with E-state index < -0.39 is 0 Å². The van der Waals surface area contributed by atoms with E-state index >= 15 is 0 Å². The highest BCUT2D eigenvalue weighted by molar-refractivity contribution is 5.75. The standard InChI is InChI=1S/C23H30N2O3/c1-5-22(26)24-16(2)23-19-14-21(28-4)20(27-3)13-18(19)11-12-25(23)15-17-9-7-6-8-10-17/h6-10,13-14,16,23H,5,11-12,15H2,1-4H3,(H,24,26)/p+1/t16-,23-/m0/s1. The first kappa shape index (κ1) is 20.2. The summed E-state index contributed by atoms with van der Waals surface area (Å²) in [5.74, 6) is 1.58. The monoisotopic (exact) mass is 383 g/mol. The summed E-state index contributed by atoms with van der Waals surface area (Å²) in [4.78, 5) is 13.6. The van der Waals surface area contributed by atoms with Crippen LogP contribution in [0.5, 0.6) is 11.5 Å². The fourth-order valence-corrected chi connectivity index (χ4v) is 4.23. The molecular weight excluding hydrogens is 352 g/mol. The number of rotatable bonds is 7. The van der Waals surface area contributed by atoms with Crippen molar-refractivity contribution in [2.45, 2.75) is 45.3 Å². The predicted octanol–water partition coefficient (Wildman–Crippen LogP) is 2.30. The van der Waals surface area contributed by atoms with Crippen molar-refractivity contribution < 1.29 is 19.2 Å². The average Bonchev–Trinajstić information content (AvgIpc) is 2.72. The van der Waals surface area contributed by atoms with Crippen LogP contribution in [0.15, 0.2) is 42.5 Å². The molecule has 150 valence electrons. The van der Waals surface area contributed by atoms with Crippen LogP contribution in [-0.4, -0.2) is 32.7 Å². The Balaban J connectivity index is 1.99. The predicted molar refractivity (Wildman–Crippen MR) is 110 cm³/mol. The van der Waals surface area contributed by atoms with E-state index in [2.05, 4.69) is 48.6 Å². The van der Waals surface area contributed by atoms with Crippen molar-refractivity contribution >= 4 is 5.91 Å². The van der Waals surface area contributed by atoms with Gasteiger partial charge in [-0.1, -0.05) is 37.3 Å². The molecule has 3 atom stereocenters. The molecule has 2 aromatic rings. The van der Waals surface area contributed by atoms with Crippen molar-refractivity contribution in [2.24, 2.45) is 0 Å². The highest BCUT2D eigenvalue weighted by atomic mass is 16.5. The molecule has 0 saturated carbocycles. The van der Waals surface area contributed by atoms with Crippen LogP contribution < -0.4 is 19.7 Å². The minimum atomic E-state index is 0.0170. The van der Waals surface area contributed by atoms with Crippen LogP contribution in [-0.2, 0) is 17.8 Å². The van der Waals surface area contributed by atoms with Gasteiger partial charge in [-0.2, -0.15) is 0 Å². The van der Waals surface area contributed by atoms with Crippen LogP contribution in [0.25, 0.3) is 0 Å². The summed E-state index contributed by atoms with van der Waals surface area (Å²) in [6.45, 7) is 5.92. The lowest BCUT2D eigenvalue weighted by Crippen LogP contribution is -3.13. The van der Waals surface area contributed by atoms with Crippen LogP contribution in [0.4, 0.5) is 0 Å². The van der Waals surface area contributed by atoms with Gasteiger partial charge in [-0.05, 0) is 24.6 Å². The van der Waals surface area contributed by atoms with Gasteiger partial charge in [0.25, 0.3) is 0 Å². The number of methoxy groups -OCH3 is 2. The van der Waals surface area contributed by atoms with Crippen LogP contribution >= 0.6 is 0 Å². The van der Waals surface area contributed by atoms with E-state index in [-0.39, 0.29) is 18.0 Å². The highest BCUT2D eigenvalue weighted by Gasteiger charge is 2.37. The molecule has 0 radical (unpaired) electrons. The van der Waals surface area contributed by atoms with Gasteiger partial charge in [0.05, 0.1) is 26.8 Å². The van der Waals surface area contributed by atoms with E-state index in [0.29, 0.717) is 6.42 Å². The van der Waals surface area contributed by atoms with E-state index in [1.165, 1.54) is 21.6 Å². The van der Waals surface area contributed by atoms with Gasteiger partial charge in [-0.15, -0.1) is 0 Å². The molecule has 5 heteroatoms. The number of fused-ring (bicyclic) bond motifs is 1. The van der Waals surface area contributed by atoms with E-state index in [1.54, 1.807) is 14.2 Å². The lowest BCUT2D eigenvalue weighted by Gasteiger charge is -2.38.